The van der Waals surface area contributed by atoms with E-state index >= 15 is 0 Å². The van der Waals surface area contributed by atoms with E-state index in [2.05, 4.69) is 17.2 Å². The van der Waals surface area contributed by atoms with Crippen LogP contribution in [0.2, 0.25) is 0 Å². The summed E-state index contributed by atoms with van der Waals surface area (Å²) < 4.78 is 7.88. The zero-order valence-corrected chi connectivity index (χ0v) is 20.7. The number of aryl methyl sites for hydroxylation is 3. The number of piperidine rings is 1. The van der Waals surface area contributed by atoms with E-state index in [4.69, 9.17) is 4.74 Å². The van der Waals surface area contributed by atoms with Crippen LogP contribution in [0.4, 0.5) is 0 Å². The Kier molecular flexibility index (Phi) is 7.91. The van der Waals surface area contributed by atoms with Gasteiger partial charge < -0.3 is 14.5 Å². The number of rotatable bonds is 3. The normalized spacial score (nSPS) is 19.5. The van der Waals surface area contributed by atoms with E-state index in [1.54, 1.807) is 6.20 Å². The molecular formula is C27H38N4O3. The second kappa shape index (κ2) is 11.1. The van der Waals surface area contributed by atoms with Crippen molar-refractivity contribution >= 4 is 11.8 Å². The maximum absolute atomic E-state index is 13.6. The molecule has 1 aromatic carbocycles. The third kappa shape index (κ3) is 5.62. The Morgan fingerprint density at radius 3 is 2.59 bits per heavy atom. The number of carbonyl (C=O) groups excluding carboxylic acids is 2. The van der Waals surface area contributed by atoms with Gasteiger partial charge in [0.05, 0.1) is 12.0 Å². The quantitative estimate of drug-likeness (QED) is 0.693. The molecule has 3 heterocycles. The molecule has 0 N–H and O–H groups in total. The molecule has 1 aromatic heterocycles. The number of amides is 2. The average Bonchev–Trinajstić information content (AvgIpc) is 3.27. The largest absolute Gasteiger partial charge is 0.491 e. The molecule has 1 saturated heterocycles. The van der Waals surface area contributed by atoms with E-state index < -0.39 is 0 Å². The van der Waals surface area contributed by atoms with Crippen LogP contribution < -0.4 is 4.74 Å². The van der Waals surface area contributed by atoms with Crippen LogP contribution in [0.15, 0.2) is 36.5 Å². The van der Waals surface area contributed by atoms with Gasteiger partial charge in [-0.15, -0.1) is 0 Å². The molecule has 7 heteroatoms. The summed E-state index contributed by atoms with van der Waals surface area (Å²) >= 11 is 0. The van der Waals surface area contributed by atoms with Crippen LogP contribution in [0.25, 0.3) is 0 Å². The Bertz CT molecular complexity index is 978. The number of hydrogen-bond donors (Lipinski definition) is 0. The molecule has 0 unspecified atom stereocenters. The molecule has 2 aliphatic rings. The number of ether oxygens (including phenoxy) is 1. The smallest absolute Gasteiger partial charge is 0.228 e. The third-order valence-corrected chi connectivity index (χ3v) is 7.65. The van der Waals surface area contributed by atoms with Crippen molar-refractivity contribution in [3.05, 3.63) is 47.8 Å². The molecule has 4 rings (SSSR count). The summed E-state index contributed by atoms with van der Waals surface area (Å²) in [4.78, 5) is 30.3. The summed E-state index contributed by atoms with van der Waals surface area (Å²) in [5, 5.41) is 4.18. The van der Waals surface area contributed by atoms with E-state index in [9.17, 15) is 9.59 Å². The van der Waals surface area contributed by atoms with Gasteiger partial charge in [0.1, 0.15) is 12.4 Å². The van der Waals surface area contributed by atoms with E-state index in [1.807, 2.05) is 46.8 Å². The summed E-state index contributed by atoms with van der Waals surface area (Å²) in [5.74, 6) is 1.33. The highest BCUT2D eigenvalue weighted by atomic mass is 16.5. The standard InChI is InChI=1S/C27H38N4O3/c1-29-20-21-34-24-10-6-5-9-22(24)8-4-3-7-14-27(26(29)33)15-18-31(19-16-27)25(32)12-11-23-13-17-28-30(23)2/h5-6,9-10,13,17H,3-4,7-8,11-12,14-16,18-21H2,1-2H3. The third-order valence-electron chi connectivity index (χ3n) is 7.65. The molecule has 184 valence electrons. The fraction of sp³-hybridized carbons (Fsp3) is 0.593. The Morgan fingerprint density at radius 2 is 1.82 bits per heavy atom. The van der Waals surface area contributed by atoms with Gasteiger partial charge in [0.15, 0.2) is 0 Å². The number of nitrogens with zero attached hydrogens (tertiary/aromatic N) is 4. The molecular weight excluding hydrogens is 428 g/mol. The summed E-state index contributed by atoms with van der Waals surface area (Å²) in [5.41, 5.74) is 1.95. The van der Waals surface area contributed by atoms with Gasteiger partial charge >= 0.3 is 0 Å². The average molecular weight is 467 g/mol. The lowest BCUT2D eigenvalue weighted by molar-refractivity contribution is -0.148. The highest BCUT2D eigenvalue weighted by molar-refractivity contribution is 5.83. The van der Waals surface area contributed by atoms with Crippen LogP contribution in [0, 0.1) is 5.41 Å². The fourth-order valence-corrected chi connectivity index (χ4v) is 5.40. The second-order valence-corrected chi connectivity index (χ2v) is 9.85. The monoisotopic (exact) mass is 466 g/mol. The number of hydrogen-bond acceptors (Lipinski definition) is 4. The zero-order valence-electron chi connectivity index (χ0n) is 20.7. The minimum atomic E-state index is -0.367. The Hall–Kier alpha value is -2.83. The minimum Gasteiger partial charge on any atom is -0.491 e. The van der Waals surface area contributed by atoms with Crippen molar-refractivity contribution in [2.24, 2.45) is 12.5 Å². The summed E-state index contributed by atoms with van der Waals surface area (Å²) in [6.45, 7) is 2.38. The van der Waals surface area contributed by atoms with Gasteiger partial charge in [-0.3, -0.25) is 14.3 Å². The summed E-state index contributed by atoms with van der Waals surface area (Å²) in [6.07, 6.45) is 9.57. The van der Waals surface area contributed by atoms with Gasteiger partial charge in [-0.05, 0) is 56.2 Å². The van der Waals surface area contributed by atoms with Crippen LogP contribution >= 0.6 is 0 Å². The number of carbonyl (C=O) groups is 2. The van der Waals surface area contributed by atoms with Gasteiger partial charge in [0.25, 0.3) is 0 Å². The van der Waals surface area contributed by atoms with Gasteiger partial charge in [0.2, 0.25) is 11.8 Å². The molecule has 0 radical (unpaired) electrons. The fourth-order valence-electron chi connectivity index (χ4n) is 5.40. The first kappa shape index (κ1) is 24.3. The van der Waals surface area contributed by atoms with E-state index in [0.29, 0.717) is 39.1 Å². The van der Waals surface area contributed by atoms with Crippen molar-refractivity contribution in [2.45, 2.75) is 57.8 Å². The first-order valence-corrected chi connectivity index (χ1v) is 12.7. The molecule has 0 aliphatic carbocycles. The molecule has 2 aromatic rings. The number of likely N-dealkylation sites (tertiary alicyclic amines) is 1. The molecule has 7 nitrogen and oxygen atoms in total. The molecule has 0 bridgehead atoms. The number of aromatic nitrogens is 2. The van der Waals surface area contributed by atoms with Gasteiger partial charge in [0, 0.05) is 45.5 Å². The van der Waals surface area contributed by atoms with Crippen molar-refractivity contribution in [1.29, 1.82) is 0 Å². The number of likely N-dealkylation sites (N-methyl/N-ethyl adjacent to an activating group) is 1. The Morgan fingerprint density at radius 1 is 1.03 bits per heavy atom. The molecule has 1 fully saturated rings. The van der Waals surface area contributed by atoms with E-state index in [0.717, 1.165) is 56.4 Å². The summed E-state index contributed by atoms with van der Waals surface area (Å²) in [7, 11) is 3.80. The first-order chi connectivity index (χ1) is 16.5. The molecule has 0 atom stereocenters. The highest BCUT2D eigenvalue weighted by Gasteiger charge is 2.43. The molecule has 0 saturated carbocycles. The van der Waals surface area contributed by atoms with Crippen LogP contribution in [-0.4, -0.2) is 64.7 Å². The number of benzene rings is 1. The topological polar surface area (TPSA) is 67.7 Å². The van der Waals surface area contributed by atoms with Crippen LogP contribution in [0.3, 0.4) is 0 Å². The highest BCUT2D eigenvalue weighted by Crippen LogP contribution is 2.39. The molecule has 2 aliphatic heterocycles. The predicted molar refractivity (Wildman–Crippen MR) is 132 cm³/mol. The predicted octanol–water partition coefficient (Wildman–Crippen LogP) is 3.62. The molecule has 2 amide bonds. The SMILES string of the molecule is CN1CCOc2ccccc2CCCCCC2(CCN(C(=O)CCc3ccnn3C)CC2)C1=O. The van der Waals surface area contributed by atoms with Crippen molar-refractivity contribution in [3.8, 4) is 5.75 Å². The Balaban J connectivity index is 1.37. The van der Waals surface area contributed by atoms with E-state index in [-0.39, 0.29) is 17.2 Å². The number of para-hydroxylation sites is 1. The van der Waals surface area contributed by atoms with Gasteiger partial charge in [-0.2, -0.15) is 5.10 Å². The summed E-state index contributed by atoms with van der Waals surface area (Å²) in [6, 6.07) is 10.2. The van der Waals surface area contributed by atoms with Crippen molar-refractivity contribution in [2.75, 3.05) is 33.3 Å². The maximum atomic E-state index is 13.6. The molecule has 34 heavy (non-hydrogen) atoms. The molecule has 1 spiro atoms. The van der Waals surface area contributed by atoms with Crippen molar-refractivity contribution in [1.82, 2.24) is 19.6 Å². The zero-order chi connectivity index (χ0) is 24.0. The van der Waals surface area contributed by atoms with Crippen molar-refractivity contribution < 1.29 is 14.3 Å². The van der Waals surface area contributed by atoms with Crippen LogP contribution in [0.1, 0.15) is 56.2 Å². The van der Waals surface area contributed by atoms with Crippen LogP contribution in [0.5, 0.6) is 5.75 Å². The van der Waals surface area contributed by atoms with Crippen molar-refractivity contribution in [3.63, 3.8) is 0 Å². The lowest BCUT2D eigenvalue weighted by Crippen LogP contribution is -2.51. The van der Waals surface area contributed by atoms with Gasteiger partial charge in [-0.25, -0.2) is 0 Å². The first-order valence-electron chi connectivity index (χ1n) is 12.7. The lowest BCUT2D eigenvalue weighted by atomic mass is 9.73. The van der Waals surface area contributed by atoms with E-state index in [1.165, 1.54) is 5.56 Å². The Labute approximate surface area is 203 Å². The number of fused-ring (bicyclic) bond motifs is 1. The maximum Gasteiger partial charge on any atom is 0.228 e. The second-order valence-electron chi connectivity index (χ2n) is 9.85. The minimum absolute atomic E-state index is 0.174. The van der Waals surface area contributed by atoms with Gasteiger partial charge in [-0.1, -0.05) is 31.0 Å². The lowest BCUT2D eigenvalue weighted by Gasteiger charge is -2.42. The van der Waals surface area contributed by atoms with Crippen LogP contribution in [-0.2, 0) is 29.5 Å².